The Hall–Kier alpha value is -3.52. The molecular formula is C22H21N5O2S. The van der Waals surface area contributed by atoms with Crippen molar-refractivity contribution in [2.45, 2.75) is 25.7 Å². The van der Waals surface area contributed by atoms with Gasteiger partial charge in [0, 0.05) is 29.7 Å². The maximum absolute atomic E-state index is 12.7. The molecule has 0 saturated carbocycles. The van der Waals surface area contributed by atoms with Gasteiger partial charge in [0.2, 0.25) is 0 Å². The van der Waals surface area contributed by atoms with Crippen LogP contribution in [0.4, 0.5) is 0 Å². The zero-order valence-electron chi connectivity index (χ0n) is 16.9. The number of imidazole rings is 1. The molecule has 7 nitrogen and oxygen atoms in total. The SMILES string of the molecule is Cc1cc2ncc(C=NNS(=O)(=O)c3c(C)cccc3C)n2cc1-c1cccnc1. The number of nitrogens with one attached hydrogen (secondary N) is 1. The van der Waals surface area contributed by atoms with E-state index in [0.29, 0.717) is 16.8 Å². The molecule has 8 heteroatoms. The van der Waals surface area contributed by atoms with Crippen LogP contribution in [0.1, 0.15) is 22.4 Å². The molecule has 4 aromatic rings. The number of fused-ring (bicyclic) bond motifs is 1. The molecule has 4 rings (SSSR count). The van der Waals surface area contributed by atoms with Crippen LogP contribution in [0.5, 0.6) is 0 Å². The number of nitrogens with zero attached hydrogens (tertiary/aromatic N) is 4. The average molecular weight is 420 g/mol. The van der Waals surface area contributed by atoms with Gasteiger partial charge in [0.15, 0.2) is 0 Å². The number of hydrazone groups is 1. The molecule has 0 fully saturated rings. The molecule has 0 atom stereocenters. The molecule has 0 saturated heterocycles. The monoisotopic (exact) mass is 419 g/mol. The maximum Gasteiger partial charge on any atom is 0.277 e. The van der Waals surface area contributed by atoms with Crippen LogP contribution in [-0.4, -0.2) is 29.0 Å². The number of benzene rings is 1. The predicted molar refractivity (Wildman–Crippen MR) is 117 cm³/mol. The zero-order valence-corrected chi connectivity index (χ0v) is 17.7. The fourth-order valence-electron chi connectivity index (χ4n) is 3.49. The number of sulfonamides is 1. The van der Waals surface area contributed by atoms with E-state index in [1.807, 2.05) is 41.8 Å². The van der Waals surface area contributed by atoms with E-state index in [-0.39, 0.29) is 4.90 Å². The summed E-state index contributed by atoms with van der Waals surface area (Å²) in [6.45, 7) is 5.54. The van der Waals surface area contributed by atoms with Crippen LogP contribution >= 0.6 is 0 Å². The minimum Gasteiger partial charge on any atom is -0.298 e. The largest absolute Gasteiger partial charge is 0.298 e. The topological polar surface area (TPSA) is 88.7 Å². The lowest BCUT2D eigenvalue weighted by molar-refractivity contribution is 0.583. The van der Waals surface area contributed by atoms with Crippen LogP contribution in [0, 0.1) is 20.8 Å². The number of aromatic nitrogens is 3. The van der Waals surface area contributed by atoms with Gasteiger partial charge in [-0.2, -0.15) is 18.4 Å². The fraction of sp³-hybridized carbons (Fsp3) is 0.136. The molecule has 0 amide bonds. The molecule has 0 unspecified atom stereocenters. The van der Waals surface area contributed by atoms with Crippen LogP contribution in [0.2, 0.25) is 0 Å². The second kappa shape index (κ2) is 7.72. The van der Waals surface area contributed by atoms with Crippen molar-refractivity contribution in [1.29, 1.82) is 0 Å². The second-order valence-electron chi connectivity index (χ2n) is 7.10. The first kappa shape index (κ1) is 19.8. The number of rotatable bonds is 5. The summed E-state index contributed by atoms with van der Waals surface area (Å²) >= 11 is 0. The first-order valence-electron chi connectivity index (χ1n) is 9.36. The second-order valence-corrected chi connectivity index (χ2v) is 8.69. The maximum atomic E-state index is 12.7. The molecule has 30 heavy (non-hydrogen) atoms. The quantitative estimate of drug-likeness (QED) is 0.395. The summed E-state index contributed by atoms with van der Waals surface area (Å²) in [6, 6.07) is 11.2. The predicted octanol–water partition coefficient (Wildman–Crippen LogP) is 3.63. The minimum absolute atomic E-state index is 0.245. The molecule has 0 spiro atoms. The van der Waals surface area contributed by atoms with Crippen molar-refractivity contribution in [3.8, 4) is 11.1 Å². The van der Waals surface area contributed by atoms with Crippen molar-refractivity contribution in [2.75, 3.05) is 0 Å². The molecule has 0 aliphatic heterocycles. The summed E-state index contributed by atoms with van der Waals surface area (Å²) in [5.74, 6) is 0. The zero-order chi connectivity index (χ0) is 21.3. The molecule has 0 aliphatic rings. The molecule has 152 valence electrons. The van der Waals surface area contributed by atoms with Crippen molar-refractivity contribution < 1.29 is 8.42 Å². The van der Waals surface area contributed by atoms with Gasteiger partial charge in [0.1, 0.15) is 5.65 Å². The Morgan fingerprint density at radius 1 is 1.03 bits per heavy atom. The lowest BCUT2D eigenvalue weighted by Gasteiger charge is -2.10. The van der Waals surface area contributed by atoms with Crippen LogP contribution in [-0.2, 0) is 10.0 Å². The van der Waals surface area contributed by atoms with Crippen molar-refractivity contribution in [3.05, 3.63) is 83.6 Å². The third-order valence-electron chi connectivity index (χ3n) is 4.90. The molecule has 1 aromatic carbocycles. The molecule has 0 bridgehead atoms. The highest BCUT2D eigenvalue weighted by Crippen LogP contribution is 2.24. The Labute approximate surface area is 175 Å². The fourth-order valence-corrected chi connectivity index (χ4v) is 4.76. The van der Waals surface area contributed by atoms with Crippen LogP contribution in [0.15, 0.2) is 71.2 Å². The smallest absolute Gasteiger partial charge is 0.277 e. The summed E-state index contributed by atoms with van der Waals surface area (Å²) in [4.78, 5) is 11.1. The van der Waals surface area contributed by atoms with Gasteiger partial charge in [-0.25, -0.2) is 4.98 Å². The summed E-state index contributed by atoms with van der Waals surface area (Å²) in [5, 5.41) is 3.98. The van der Waals surface area contributed by atoms with Gasteiger partial charge in [-0.1, -0.05) is 24.3 Å². The van der Waals surface area contributed by atoms with Gasteiger partial charge in [0.05, 0.1) is 23.0 Å². The Morgan fingerprint density at radius 3 is 2.50 bits per heavy atom. The third kappa shape index (κ3) is 3.69. The van der Waals surface area contributed by atoms with E-state index in [1.54, 1.807) is 44.6 Å². The first-order chi connectivity index (χ1) is 14.4. The summed E-state index contributed by atoms with van der Waals surface area (Å²) in [6.07, 6.45) is 8.59. The van der Waals surface area contributed by atoms with Crippen LogP contribution in [0.25, 0.3) is 16.8 Å². The molecule has 3 heterocycles. The van der Waals surface area contributed by atoms with Crippen LogP contribution in [0.3, 0.4) is 0 Å². The van der Waals surface area contributed by atoms with Crippen molar-refractivity contribution in [3.63, 3.8) is 0 Å². The number of hydrogen-bond acceptors (Lipinski definition) is 5. The Morgan fingerprint density at radius 2 is 1.80 bits per heavy atom. The van der Waals surface area contributed by atoms with Crippen molar-refractivity contribution in [2.24, 2.45) is 5.10 Å². The molecule has 0 aliphatic carbocycles. The molecule has 1 N–H and O–H groups in total. The van der Waals surface area contributed by atoms with E-state index in [9.17, 15) is 8.42 Å². The Bertz CT molecular complexity index is 1340. The van der Waals surface area contributed by atoms with E-state index in [2.05, 4.69) is 19.9 Å². The van der Waals surface area contributed by atoms with Gasteiger partial charge in [-0.05, 0) is 49.6 Å². The van der Waals surface area contributed by atoms with Crippen molar-refractivity contribution >= 4 is 21.9 Å². The van der Waals surface area contributed by atoms with Gasteiger partial charge in [0.25, 0.3) is 10.0 Å². The number of hydrogen-bond donors (Lipinski definition) is 1. The van der Waals surface area contributed by atoms with Crippen molar-refractivity contribution in [1.82, 2.24) is 19.2 Å². The van der Waals surface area contributed by atoms with Gasteiger partial charge >= 0.3 is 0 Å². The lowest BCUT2D eigenvalue weighted by Crippen LogP contribution is -2.20. The van der Waals surface area contributed by atoms with E-state index in [1.165, 1.54) is 6.21 Å². The van der Waals surface area contributed by atoms with E-state index in [4.69, 9.17) is 0 Å². The van der Waals surface area contributed by atoms with E-state index in [0.717, 1.165) is 22.3 Å². The van der Waals surface area contributed by atoms with Gasteiger partial charge < -0.3 is 0 Å². The molecular weight excluding hydrogens is 398 g/mol. The summed E-state index contributed by atoms with van der Waals surface area (Å²) in [7, 11) is -3.77. The highest BCUT2D eigenvalue weighted by Gasteiger charge is 2.18. The molecule has 3 aromatic heterocycles. The summed E-state index contributed by atoms with van der Waals surface area (Å²) in [5.41, 5.74) is 5.82. The lowest BCUT2D eigenvalue weighted by atomic mass is 10.1. The van der Waals surface area contributed by atoms with Gasteiger partial charge in [-0.3, -0.25) is 9.38 Å². The highest BCUT2D eigenvalue weighted by molar-refractivity contribution is 7.89. The Kier molecular flexibility index (Phi) is 5.09. The molecule has 0 radical (unpaired) electrons. The normalized spacial score (nSPS) is 12.0. The highest BCUT2D eigenvalue weighted by atomic mass is 32.2. The number of pyridine rings is 2. The number of aryl methyl sites for hydroxylation is 3. The Balaban J connectivity index is 1.67. The van der Waals surface area contributed by atoms with E-state index >= 15 is 0 Å². The standard InChI is InChI=1S/C22H21N5O2S/c1-15-6-4-7-16(2)22(15)30(28,29)26-25-13-19-12-24-21-10-17(3)20(14-27(19)21)18-8-5-9-23-11-18/h4-14,26H,1-3H3. The minimum atomic E-state index is -3.77. The average Bonchev–Trinajstić information content (AvgIpc) is 3.09. The van der Waals surface area contributed by atoms with Crippen LogP contribution < -0.4 is 4.83 Å². The first-order valence-corrected chi connectivity index (χ1v) is 10.8. The van der Waals surface area contributed by atoms with E-state index < -0.39 is 10.0 Å². The third-order valence-corrected chi connectivity index (χ3v) is 6.43. The van der Waals surface area contributed by atoms with Gasteiger partial charge in [-0.15, -0.1) is 0 Å². The summed E-state index contributed by atoms with van der Waals surface area (Å²) < 4.78 is 27.3.